The van der Waals surface area contributed by atoms with Crippen LogP contribution < -0.4 is 5.32 Å². The van der Waals surface area contributed by atoms with Crippen molar-refractivity contribution in [3.05, 3.63) is 46.8 Å². The zero-order chi connectivity index (χ0) is 15.7. The summed E-state index contributed by atoms with van der Waals surface area (Å²) >= 11 is 6.34. The van der Waals surface area contributed by atoms with Crippen molar-refractivity contribution in [3.8, 4) is 0 Å². The van der Waals surface area contributed by atoms with Crippen molar-refractivity contribution >= 4 is 44.3 Å². The van der Waals surface area contributed by atoms with E-state index in [9.17, 15) is 8.42 Å². The van der Waals surface area contributed by atoms with Crippen LogP contribution in [-0.4, -0.2) is 19.7 Å². The summed E-state index contributed by atoms with van der Waals surface area (Å²) < 4.78 is 30.6. The molecule has 0 radical (unpaired) electrons. The molecule has 3 rings (SSSR count). The molecular weight excluding hydrogens is 338 g/mol. The zero-order valence-corrected chi connectivity index (χ0v) is 14.4. The van der Waals surface area contributed by atoms with Crippen LogP contribution in [0.2, 0.25) is 0 Å². The van der Waals surface area contributed by atoms with Crippen LogP contribution in [0, 0.1) is 0 Å². The molecule has 116 valence electrons. The van der Waals surface area contributed by atoms with Crippen molar-refractivity contribution in [1.29, 1.82) is 0 Å². The molecule has 1 aliphatic rings. The van der Waals surface area contributed by atoms with Crippen LogP contribution in [0.25, 0.3) is 0 Å². The second-order valence-corrected chi connectivity index (χ2v) is 8.76. The Hall–Kier alpha value is -1.44. The van der Waals surface area contributed by atoms with E-state index in [-0.39, 0.29) is 11.9 Å². The number of thiophene rings is 1. The number of ether oxygens (including phenoxy) is 1. The highest BCUT2D eigenvalue weighted by Gasteiger charge is 2.20. The Morgan fingerprint density at radius 1 is 1.41 bits per heavy atom. The van der Waals surface area contributed by atoms with Gasteiger partial charge in [0.2, 0.25) is 0 Å². The van der Waals surface area contributed by atoms with Gasteiger partial charge in [0.15, 0.2) is 9.84 Å². The molecule has 1 atom stereocenters. The third kappa shape index (κ3) is 3.31. The van der Waals surface area contributed by atoms with Crippen LogP contribution in [0.15, 0.2) is 39.9 Å². The average molecular weight is 353 g/mol. The van der Waals surface area contributed by atoms with Gasteiger partial charge in [-0.3, -0.25) is 0 Å². The summed E-state index contributed by atoms with van der Waals surface area (Å²) in [7, 11) is -3.29. The van der Waals surface area contributed by atoms with Gasteiger partial charge >= 0.3 is 0 Å². The predicted octanol–water partition coefficient (Wildman–Crippen LogP) is 3.38. The van der Waals surface area contributed by atoms with Crippen LogP contribution in [-0.2, 0) is 26.7 Å². The summed E-state index contributed by atoms with van der Waals surface area (Å²) in [6, 6.07) is 8.98. The summed E-state index contributed by atoms with van der Waals surface area (Å²) in [4.78, 5) is 0. The number of hydrogen-bond donors (Lipinski definition) is 1. The highest BCUT2D eigenvalue weighted by molar-refractivity contribution is 7.92. The van der Waals surface area contributed by atoms with E-state index in [0.717, 1.165) is 16.8 Å². The number of fused-ring (bicyclic) bond motifs is 1. The monoisotopic (exact) mass is 353 g/mol. The molecule has 0 fully saturated rings. The minimum Gasteiger partial charge on any atom is -0.467 e. The first-order chi connectivity index (χ1) is 10.4. The molecule has 1 N–H and O–H groups in total. The maximum atomic E-state index is 12.4. The average Bonchev–Trinajstić information content (AvgIpc) is 2.91. The molecule has 0 saturated carbocycles. The molecule has 0 saturated heterocycles. The Morgan fingerprint density at radius 2 is 2.23 bits per heavy atom. The molecule has 4 nitrogen and oxygen atoms in total. The smallest absolute Gasteiger partial charge is 0.261 e. The fourth-order valence-electron chi connectivity index (χ4n) is 2.43. The number of hydrogen-bond acceptors (Lipinski definition) is 5. The third-order valence-electron chi connectivity index (χ3n) is 3.38. The minimum atomic E-state index is -3.29. The van der Waals surface area contributed by atoms with E-state index in [1.807, 2.05) is 25.1 Å². The molecule has 0 aliphatic carbocycles. The largest absolute Gasteiger partial charge is 0.467 e. The number of thiocarbonyl (C=S) groups is 1. The topological polar surface area (TPSA) is 55.4 Å². The molecule has 1 aromatic heterocycles. The van der Waals surface area contributed by atoms with E-state index in [4.69, 9.17) is 17.0 Å². The fraction of sp³-hybridized carbons (Fsp3) is 0.267. The maximum absolute atomic E-state index is 12.4. The fourth-order valence-corrected chi connectivity index (χ4v) is 5.13. The van der Waals surface area contributed by atoms with Crippen LogP contribution in [0.4, 0.5) is 5.69 Å². The third-order valence-corrected chi connectivity index (χ3v) is 6.75. The lowest BCUT2D eigenvalue weighted by molar-refractivity contribution is 0.217. The van der Waals surface area contributed by atoms with E-state index in [1.165, 1.54) is 11.3 Å². The molecule has 7 heteroatoms. The Morgan fingerprint density at radius 3 is 2.95 bits per heavy atom. The van der Waals surface area contributed by atoms with Crippen LogP contribution in [0.1, 0.15) is 18.1 Å². The Balaban J connectivity index is 1.89. The summed E-state index contributed by atoms with van der Waals surface area (Å²) in [5.74, 6) is 0.000474. The van der Waals surface area contributed by atoms with Gasteiger partial charge in [0.25, 0.3) is 5.17 Å². The van der Waals surface area contributed by atoms with Crippen molar-refractivity contribution < 1.29 is 13.2 Å². The second-order valence-electron chi connectivity index (χ2n) is 5.23. The predicted molar refractivity (Wildman–Crippen MR) is 92.1 cm³/mol. The molecule has 1 aromatic carbocycles. The lowest BCUT2D eigenvalue weighted by atomic mass is 10.0. The van der Waals surface area contributed by atoms with Gasteiger partial charge in [0.1, 0.15) is 10.3 Å². The van der Waals surface area contributed by atoms with Crippen molar-refractivity contribution in [1.82, 2.24) is 0 Å². The SMILES string of the molecule is CC1Cc2cc(CS(=O)(=O)c3cccs3)ccc2NC(=S)O1. The molecular formula is C15H15NO3S3. The van der Waals surface area contributed by atoms with Gasteiger partial charge in [-0.05, 0) is 47.8 Å². The maximum Gasteiger partial charge on any atom is 0.261 e. The standard InChI is InChI=1S/C15H15NO3S3/c1-10-7-12-8-11(4-5-13(12)16-15(20)19-10)9-22(17,18)14-3-2-6-21-14/h2-6,8,10H,7,9H2,1H3,(H,16,20). The number of benzene rings is 1. The van der Waals surface area contributed by atoms with Gasteiger partial charge in [0, 0.05) is 12.1 Å². The first-order valence-corrected chi connectivity index (χ1v) is 9.74. The van der Waals surface area contributed by atoms with Gasteiger partial charge in [-0.15, -0.1) is 11.3 Å². The molecule has 2 heterocycles. The number of sulfone groups is 1. The zero-order valence-electron chi connectivity index (χ0n) is 11.9. The normalized spacial score (nSPS) is 18.0. The summed E-state index contributed by atoms with van der Waals surface area (Å²) in [6.45, 7) is 1.94. The molecule has 0 amide bonds. The van der Waals surface area contributed by atoms with E-state index < -0.39 is 9.84 Å². The van der Waals surface area contributed by atoms with Gasteiger partial charge in [-0.25, -0.2) is 8.42 Å². The van der Waals surface area contributed by atoms with E-state index >= 15 is 0 Å². The number of nitrogens with one attached hydrogen (secondary N) is 1. The molecule has 2 aromatic rings. The first kappa shape index (κ1) is 15.5. The van der Waals surface area contributed by atoms with E-state index in [1.54, 1.807) is 17.5 Å². The van der Waals surface area contributed by atoms with Crippen molar-refractivity contribution in [3.63, 3.8) is 0 Å². The van der Waals surface area contributed by atoms with Gasteiger partial charge < -0.3 is 10.1 Å². The van der Waals surface area contributed by atoms with Gasteiger partial charge in [-0.1, -0.05) is 18.2 Å². The lowest BCUT2D eigenvalue weighted by Crippen LogP contribution is -2.16. The van der Waals surface area contributed by atoms with E-state index in [0.29, 0.717) is 15.8 Å². The summed E-state index contributed by atoms with van der Waals surface area (Å²) in [5.41, 5.74) is 2.67. The molecule has 0 spiro atoms. The second kappa shape index (κ2) is 5.98. The van der Waals surface area contributed by atoms with Crippen molar-refractivity contribution in [2.24, 2.45) is 0 Å². The molecule has 1 unspecified atom stereocenters. The first-order valence-electron chi connectivity index (χ1n) is 6.80. The molecule has 1 aliphatic heterocycles. The van der Waals surface area contributed by atoms with Crippen LogP contribution in [0.3, 0.4) is 0 Å². The van der Waals surface area contributed by atoms with Gasteiger partial charge in [-0.2, -0.15) is 0 Å². The van der Waals surface area contributed by atoms with Crippen LogP contribution in [0.5, 0.6) is 0 Å². The van der Waals surface area contributed by atoms with Crippen molar-refractivity contribution in [2.45, 2.75) is 29.4 Å². The number of anilines is 1. The Labute approximate surface area is 139 Å². The highest BCUT2D eigenvalue weighted by Crippen LogP contribution is 2.26. The molecule has 22 heavy (non-hydrogen) atoms. The molecule has 0 bridgehead atoms. The van der Waals surface area contributed by atoms with E-state index in [2.05, 4.69) is 5.32 Å². The summed E-state index contributed by atoms with van der Waals surface area (Å²) in [5, 5.41) is 5.16. The Kier molecular flexibility index (Phi) is 4.20. The van der Waals surface area contributed by atoms with Gasteiger partial charge in [0.05, 0.1) is 5.75 Å². The Bertz CT molecular complexity index is 797. The highest BCUT2D eigenvalue weighted by atomic mass is 32.2. The van der Waals surface area contributed by atoms with Crippen LogP contribution >= 0.6 is 23.6 Å². The minimum absolute atomic E-state index is 0.000474. The summed E-state index contributed by atoms with van der Waals surface area (Å²) in [6.07, 6.45) is 0.653. The quantitative estimate of drug-likeness (QED) is 0.858. The lowest BCUT2D eigenvalue weighted by Gasteiger charge is -2.10. The number of rotatable bonds is 3. The van der Waals surface area contributed by atoms with Crippen molar-refractivity contribution in [2.75, 3.05) is 5.32 Å².